The summed E-state index contributed by atoms with van der Waals surface area (Å²) in [6.07, 6.45) is 13.3. The standard InChI is InChI=1S/C26H33NO3/c1-3-18-28-19-20-29-21-22-30-26-16-12-24(13-17-26)9-7-5-4-6-8-23-10-14-25(27-2)15-11-23/h4-17,27H,3,18-22H2,1-2H3/b5-4+,8-6+,9-7+. The Bertz CT molecular complexity index is 777. The fraction of sp³-hybridized carbons (Fsp3) is 0.308. The summed E-state index contributed by atoms with van der Waals surface area (Å²) in [6.45, 7) is 5.24. The minimum atomic E-state index is 0.537. The summed E-state index contributed by atoms with van der Waals surface area (Å²) in [7, 11) is 1.92. The molecular weight excluding hydrogens is 374 g/mol. The van der Waals surface area contributed by atoms with Crippen LogP contribution in [0.3, 0.4) is 0 Å². The van der Waals surface area contributed by atoms with Crippen molar-refractivity contribution in [1.29, 1.82) is 0 Å². The van der Waals surface area contributed by atoms with Gasteiger partial charge in [0, 0.05) is 19.3 Å². The van der Waals surface area contributed by atoms with E-state index in [-0.39, 0.29) is 0 Å². The van der Waals surface area contributed by atoms with Gasteiger partial charge in [-0.3, -0.25) is 0 Å². The van der Waals surface area contributed by atoms with Crippen LogP contribution in [0.15, 0.2) is 72.8 Å². The molecule has 30 heavy (non-hydrogen) atoms. The van der Waals surface area contributed by atoms with Gasteiger partial charge in [-0.05, 0) is 41.8 Å². The monoisotopic (exact) mass is 407 g/mol. The molecule has 0 amide bonds. The number of allylic oxidation sites excluding steroid dienone is 4. The van der Waals surface area contributed by atoms with Crippen LogP contribution in [0.5, 0.6) is 5.75 Å². The minimum absolute atomic E-state index is 0.537. The van der Waals surface area contributed by atoms with E-state index >= 15 is 0 Å². The van der Waals surface area contributed by atoms with Gasteiger partial charge in [-0.25, -0.2) is 0 Å². The van der Waals surface area contributed by atoms with Gasteiger partial charge in [-0.2, -0.15) is 0 Å². The van der Waals surface area contributed by atoms with E-state index in [0.29, 0.717) is 26.4 Å². The number of anilines is 1. The molecule has 0 fully saturated rings. The molecular formula is C26H33NO3. The van der Waals surface area contributed by atoms with Gasteiger partial charge in [0.25, 0.3) is 0 Å². The third-order valence-corrected chi connectivity index (χ3v) is 4.21. The number of rotatable bonds is 14. The Morgan fingerprint density at radius 3 is 1.77 bits per heavy atom. The molecule has 2 aromatic rings. The van der Waals surface area contributed by atoms with E-state index in [4.69, 9.17) is 14.2 Å². The van der Waals surface area contributed by atoms with Crippen LogP contribution >= 0.6 is 0 Å². The first kappa shape index (κ1) is 23.5. The lowest BCUT2D eigenvalue weighted by atomic mass is 10.2. The normalized spacial score (nSPS) is 11.7. The highest BCUT2D eigenvalue weighted by atomic mass is 16.5. The van der Waals surface area contributed by atoms with E-state index in [1.807, 2.05) is 55.6 Å². The summed E-state index contributed by atoms with van der Waals surface area (Å²) in [5.41, 5.74) is 3.42. The second-order valence-corrected chi connectivity index (χ2v) is 6.62. The van der Waals surface area contributed by atoms with Gasteiger partial charge >= 0.3 is 0 Å². The Morgan fingerprint density at radius 1 is 0.667 bits per heavy atom. The van der Waals surface area contributed by atoms with Gasteiger partial charge in [-0.15, -0.1) is 0 Å². The van der Waals surface area contributed by atoms with Crippen molar-refractivity contribution in [2.45, 2.75) is 13.3 Å². The number of hydrogen-bond donors (Lipinski definition) is 1. The predicted octanol–water partition coefficient (Wildman–Crippen LogP) is 5.83. The van der Waals surface area contributed by atoms with E-state index in [2.05, 4.69) is 48.7 Å². The van der Waals surface area contributed by atoms with Crippen LogP contribution in [0, 0.1) is 0 Å². The Balaban J connectivity index is 1.63. The third kappa shape index (κ3) is 10.1. The summed E-state index contributed by atoms with van der Waals surface area (Å²) in [5.74, 6) is 0.848. The highest BCUT2D eigenvalue weighted by Crippen LogP contribution is 2.13. The van der Waals surface area contributed by atoms with E-state index in [0.717, 1.165) is 30.0 Å². The molecule has 0 aliphatic carbocycles. The maximum absolute atomic E-state index is 5.69. The van der Waals surface area contributed by atoms with E-state index in [9.17, 15) is 0 Å². The molecule has 0 heterocycles. The molecule has 0 saturated heterocycles. The molecule has 160 valence electrons. The van der Waals surface area contributed by atoms with Crippen molar-refractivity contribution in [3.05, 3.63) is 84.0 Å². The Morgan fingerprint density at radius 2 is 1.20 bits per heavy atom. The van der Waals surface area contributed by atoms with E-state index < -0.39 is 0 Å². The van der Waals surface area contributed by atoms with Gasteiger partial charge in [0.2, 0.25) is 0 Å². The second-order valence-electron chi connectivity index (χ2n) is 6.62. The van der Waals surface area contributed by atoms with Gasteiger partial charge in [-0.1, -0.05) is 67.6 Å². The molecule has 0 aromatic heterocycles. The number of ether oxygens (including phenoxy) is 3. The molecule has 0 radical (unpaired) electrons. The minimum Gasteiger partial charge on any atom is -0.491 e. The molecule has 4 nitrogen and oxygen atoms in total. The largest absolute Gasteiger partial charge is 0.491 e. The SMILES string of the molecule is CCCOCCOCCOc1ccc(/C=C/C=C/C=C/c2ccc(NC)cc2)cc1. The van der Waals surface area contributed by atoms with Gasteiger partial charge in [0.1, 0.15) is 12.4 Å². The van der Waals surface area contributed by atoms with E-state index in [1.54, 1.807) is 0 Å². The van der Waals surface area contributed by atoms with Crippen molar-refractivity contribution >= 4 is 17.8 Å². The van der Waals surface area contributed by atoms with Crippen molar-refractivity contribution in [3.63, 3.8) is 0 Å². The van der Waals surface area contributed by atoms with Crippen LogP contribution in [0.1, 0.15) is 24.5 Å². The summed E-state index contributed by atoms with van der Waals surface area (Å²) in [4.78, 5) is 0. The maximum atomic E-state index is 5.69. The maximum Gasteiger partial charge on any atom is 0.119 e. The Kier molecular flexibility index (Phi) is 11.8. The first-order valence-electron chi connectivity index (χ1n) is 10.5. The van der Waals surface area contributed by atoms with E-state index in [1.165, 1.54) is 5.56 Å². The lowest BCUT2D eigenvalue weighted by Gasteiger charge is -2.07. The summed E-state index contributed by atoms with van der Waals surface area (Å²) in [5, 5.41) is 3.11. The van der Waals surface area contributed by atoms with Crippen LogP contribution in [-0.2, 0) is 9.47 Å². The molecule has 0 bridgehead atoms. The van der Waals surface area contributed by atoms with Crippen molar-refractivity contribution in [2.24, 2.45) is 0 Å². The van der Waals surface area contributed by atoms with Crippen molar-refractivity contribution in [2.75, 3.05) is 45.4 Å². The smallest absolute Gasteiger partial charge is 0.119 e. The summed E-state index contributed by atoms with van der Waals surface area (Å²) < 4.78 is 16.5. The molecule has 0 unspecified atom stereocenters. The first-order chi connectivity index (χ1) is 14.8. The Labute approximate surface area is 180 Å². The van der Waals surface area contributed by atoms with Crippen molar-refractivity contribution in [3.8, 4) is 5.75 Å². The fourth-order valence-corrected chi connectivity index (χ4v) is 2.58. The second kappa shape index (κ2) is 15.1. The first-order valence-corrected chi connectivity index (χ1v) is 10.5. The van der Waals surface area contributed by atoms with Crippen LogP contribution in [0.4, 0.5) is 5.69 Å². The molecule has 0 aliphatic heterocycles. The van der Waals surface area contributed by atoms with Crippen LogP contribution in [0.25, 0.3) is 12.2 Å². The highest BCUT2D eigenvalue weighted by molar-refractivity contribution is 5.56. The number of benzene rings is 2. The van der Waals surface area contributed by atoms with Gasteiger partial charge in [0.05, 0.1) is 19.8 Å². The third-order valence-electron chi connectivity index (χ3n) is 4.21. The predicted molar refractivity (Wildman–Crippen MR) is 127 cm³/mol. The zero-order chi connectivity index (χ0) is 21.3. The average Bonchev–Trinajstić information content (AvgIpc) is 2.79. The number of nitrogens with one attached hydrogen (secondary N) is 1. The molecule has 1 N–H and O–H groups in total. The topological polar surface area (TPSA) is 39.7 Å². The summed E-state index contributed by atoms with van der Waals surface area (Å²) in [6, 6.07) is 16.3. The van der Waals surface area contributed by atoms with Crippen LogP contribution in [0.2, 0.25) is 0 Å². The van der Waals surface area contributed by atoms with Crippen LogP contribution in [-0.4, -0.2) is 40.1 Å². The quantitative estimate of drug-likeness (QED) is 0.316. The molecule has 4 heteroatoms. The van der Waals surface area contributed by atoms with Crippen molar-refractivity contribution < 1.29 is 14.2 Å². The van der Waals surface area contributed by atoms with Gasteiger partial charge < -0.3 is 19.5 Å². The molecule has 2 rings (SSSR count). The average molecular weight is 408 g/mol. The van der Waals surface area contributed by atoms with Crippen molar-refractivity contribution in [1.82, 2.24) is 0 Å². The Hall–Kier alpha value is -2.82. The number of hydrogen-bond acceptors (Lipinski definition) is 4. The van der Waals surface area contributed by atoms with Crippen LogP contribution < -0.4 is 10.1 Å². The summed E-state index contributed by atoms with van der Waals surface area (Å²) >= 11 is 0. The molecule has 0 saturated carbocycles. The fourth-order valence-electron chi connectivity index (χ4n) is 2.58. The zero-order valence-corrected chi connectivity index (χ0v) is 18.1. The molecule has 2 aromatic carbocycles. The molecule has 0 spiro atoms. The lowest BCUT2D eigenvalue weighted by Crippen LogP contribution is -2.11. The molecule has 0 aliphatic rings. The van der Waals surface area contributed by atoms with Gasteiger partial charge in [0.15, 0.2) is 0 Å². The highest BCUT2D eigenvalue weighted by Gasteiger charge is 1.95. The lowest BCUT2D eigenvalue weighted by molar-refractivity contribution is 0.0366. The zero-order valence-electron chi connectivity index (χ0n) is 18.1. The molecule has 0 atom stereocenters.